The van der Waals surface area contributed by atoms with Crippen LogP contribution in [0.4, 0.5) is 0 Å². The molecule has 0 aromatic heterocycles. The van der Waals surface area contributed by atoms with E-state index in [-0.39, 0.29) is 6.10 Å². The summed E-state index contributed by atoms with van der Waals surface area (Å²) in [5.74, 6) is 9.20. The number of aliphatic hydroxyl groups is 1. The summed E-state index contributed by atoms with van der Waals surface area (Å²) in [5, 5.41) is 9.60. The van der Waals surface area contributed by atoms with E-state index in [9.17, 15) is 5.11 Å². The first-order valence-corrected chi connectivity index (χ1v) is 10.2. The second-order valence-corrected chi connectivity index (χ2v) is 7.94. The third kappa shape index (κ3) is 5.82. The molecule has 130 valence electrons. The largest absolute Gasteiger partial charge is 0.393 e. The summed E-state index contributed by atoms with van der Waals surface area (Å²) >= 11 is 2.06. The van der Waals surface area contributed by atoms with Crippen LogP contribution in [0.3, 0.4) is 0 Å². The van der Waals surface area contributed by atoms with E-state index >= 15 is 0 Å². The Bertz CT molecular complexity index is 566. The molecule has 2 heterocycles. The van der Waals surface area contributed by atoms with Crippen molar-refractivity contribution in [2.75, 3.05) is 44.2 Å². The molecule has 0 saturated carbocycles. The van der Waals surface area contributed by atoms with Crippen LogP contribution in [-0.2, 0) is 6.54 Å². The van der Waals surface area contributed by atoms with Gasteiger partial charge in [-0.2, -0.15) is 11.8 Å². The highest BCUT2D eigenvalue weighted by Gasteiger charge is 2.16. The number of likely N-dealkylation sites (tertiary alicyclic amines) is 1. The molecule has 0 aliphatic carbocycles. The zero-order valence-corrected chi connectivity index (χ0v) is 15.2. The fourth-order valence-corrected chi connectivity index (χ4v) is 4.27. The van der Waals surface area contributed by atoms with E-state index in [2.05, 4.69) is 57.7 Å². The number of hydrogen-bond donors (Lipinski definition) is 1. The van der Waals surface area contributed by atoms with E-state index in [4.69, 9.17) is 0 Å². The van der Waals surface area contributed by atoms with Crippen LogP contribution in [0.25, 0.3) is 0 Å². The second-order valence-electron chi connectivity index (χ2n) is 6.71. The number of hydrogen-bond acceptors (Lipinski definition) is 4. The fraction of sp³-hybridized carbons (Fsp3) is 0.600. The Morgan fingerprint density at radius 3 is 2.67 bits per heavy atom. The van der Waals surface area contributed by atoms with Crippen LogP contribution >= 0.6 is 11.8 Å². The molecule has 0 radical (unpaired) electrons. The monoisotopic (exact) mass is 344 g/mol. The highest BCUT2D eigenvalue weighted by Crippen LogP contribution is 2.14. The second kappa shape index (κ2) is 9.48. The highest BCUT2D eigenvalue weighted by atomic mass is 32.2. The van der Waals surface area contributed by atoms with Gasteiger partial charge in [-0.1, -0.05) is 24.0 Å². The van der Waals surface area contributed by atoms with Gasteiger partial charge in [0.2, 0.25) is 0 Å². The van der Waals surface area contributed by atoms with E-state index in [1.54, 1.807) is 0 Å². The van der Waals surface area contributed by atoms with Crippen molar-refractivity contribution in [1.29, 1.82) is 0 Å². The first-order valence-electron chi connectivity index (χ1n) is 9.08. The van der Waals surface area contributed by atoms with Crippen molar-refractivity contribution in [2.24, 2.45) is 0 Å². The van der Waals surface area contributed by atoms with Gasteiger partial charge in [0.1, 0.15) is 0 Å². The van der Waals surface area contributed by atoms with Crippen LogP contribution in [0.1, 0.15) is 30.4 Å². The Balaban J connectivity index is 1.47. The number of benzene rings is 1. The van der Waals surface area contributed by atoms with Crippen molar-refractivity contribution in [3.8, 4) is 11.8 Å². The summed E-state index contributed by atoms with van der Waals surface area (Å²) in [6, 6.07) is 8.62. The van der Waals surface area contributed by atoms with Gasteiger partial charge in [-0.15, -0.1) is 0 Å². The number of aliphatic hydroxyl groups excluding tert-OH is 1. The van der Waals surface area contributed by atoms with Crippen molar-refractivity contribution < 1.29 is 5.11 Å². The molecular formula is C20H28N2OS. The summed E-state index contributed by atoms with van der Waals surface area (Å²) in [5.41, 5.74) is 2.45. The van der Waals surface area contributed by atoms with Crippen molar-refractivity contribution in [1.82, 2.24) is 9.80 Å². The van der Waals surface area contributed by atoms with Gasteiger partial charge in [-0.3, -0.25) is 4.90 Å². The molecule has 3 nitrogen and oxygen atoms in total. The summed E-state index contributed by atoms with van der Waals surface area (Å²) in [6.07, 6.45) is 2.65. The maximum absolute atomic E-state index is 9.60. The molecule has 2 fully saturated rings. The van der Waals surface area contributed by atoms with E-state index in [0.717, 1.165) is 51.0 Å². The van der Waals surface area contributed by atoms with Crippen molar-refractivity contribution in [2.45, 2.75) is 31.9 Å². The Labute approximate surface area is 150 Å². The van der Waals surface area contributed by atoms with Crippen LogP contribution in [0.15, 0.2) is 24.3 Å². The summed E-state index contributed by atoms with van der Waals surface area (Å²) in [7, 11) is 0. The molecule has 3 rings (SSSR count). The van der Waals surface area contributed by atoms with Crippen molar-refractivity contribution >= 4 is 11.8 Å². The summed E-state index contributed by atoms with van der Waals surface area (Å²) < 4.78 is 0. The fourth-order valence-electron chi connectivity index (χ4n) is 3.29. The Kier molecular flexibility index (Phi) is 7.04. The SMILES string of the molecule is OC1CCN(Cc2cccc(C#CCCN3CCSCC3)c2)CC1. The molecule has 0 spiro atoms. The molecule has 0 bridgehead atoms. The lowest BCUT2D eigenvalue weighted by molar-refractivity contribution is 0.0792. The number of piperidine rings is 1. The molecule has 2 aliphatic heterocycles. The third-order valence-corrected chi connectivity index (χ3v) is 5.72. The van der Waals surface area contributed by atoms with Crippen LogP contribution in [0.5, 0.6) is 0 Å². The van der Waals surface area contributed by atoms with Crippen molar-refractivity contribution in [3.63, 3.8) is 0 Å². The first-order chi connectivity index (χ1) is 11.8. The van der Waals surface area contributed by atoms with Gasteiger partial charge in [0, 0.05) is 62.8 Å². The number of nitrogens with zero attached hydrogens (tertiary/aromatic N) is 2. The lowest BCUT2D eigenvalue weighted by atomic mass is 10.1. The minimum absolute atomic E-state index is 0.100. The predicted molar refractivity (Wildman–Crippen MR) is 102 cm³/mol. The van der Waals surface area contributed by atoms with Gasteiger partial charge in [-0.25, -0.2) is 0 Å². The molecule has 1 N–H and O–H groups in total. The molecule has 4 heteroatoms. The number of rotatable bonds is 4. The predicted octanol–water partition coefficient (Wildman–Crippen LogP) is 2.43. The van der Waals surface area contributed by atoms with E-state index in [1.807, 2.05) is 0 Å². The minimum Gasteiger partial charge on any atom is -0.393 e. The maximum Gasteiger partial charge on any atom is 0.0564 e. The molecular weight excluding hydrogens is 316 g/mol. The smallest absolute Gasteiger partial charge is 0.0564 e. The average molecular weight is 345 g/mol. The topological polar surface area (TPSA) is 26.7 Å². The Hall–Kier alpha value is -0.990. The van der Waals surface area contributed by atoms with Crippen molar-refractivity contribution in [3.05, 3.63) is 35.4 Å². The van der Waals surface area contributed by atoms with Gasteiger partial charge in [0.25, 0.3) is 0 Å². The van der Waals surface area contributed by atoms with E-state index < -0.39 is 0 Å². The van der Waals surface area contributed by atoms with E-state index in [0.29, 0.717) is 0 Å². The first kappa shape index (κ1) is 17.8. The molecule has 2 saturated heterocycles. The average Bonchev–Trinajstić information content (AvgIpc) is 2.62. The molecule has 1 aromatic carbocycles. The zero-order chi connectivity index (χ0) is 16.6. The Morgan fingerprint density at radius 1 is 1.08 bits per heavy atom. The quantitative estimate of drug-likeness (QED) is 0.849. The molecule has 1 aromatic rings. The zero-order valence-electron chi connectivity index (χ0n) is 14.4. The standard InChI is InChI=1S/C20H28N2OS/c23-20-7-10-22(11-8-20)17-19-6-3-5-18(16-19)4-1-2-9-21-12-14-24-15-13-21/h3,5-6,16,20,23H,2,7-15,17H2. The molecule has 0 amide bonds. The van der Waals surface area contributed by atoms with Crippen LogP contribution < -0.4 is 0 Å². The third-order valence-electron chi connectivity index (χ3n) is 4.78. The molecule has 0 atom stereocenters. The van der Waals surface area contributed by atoms with E-state index in [1.165, 1.54) is 30.2 Å². The normalized spacial score (nSPS) is 20.5. The van der Waals surface area contributed by atoms with Gasteiger partial charge >= 0.3 is 0 Å². The summed E-state index contributed by atoms with van der Waals surface area (Å²) in [4.78, 5) is 4.94. The van der Waals surface area contributed by atoms with Crippen LogP contribution in [0.2, 0.25) is 0 Å². The number of thioether (sulfide) groups is 1. The molecule has 2 aliphatic rings. The molecule has 0 unspecified atom stereocenters. The highest BCUT2D eigenvalue weighted by molar-refractivity contribution is 7.99. The van der Waals surface area contributed by atoms with Crippen LogP contribution in [-0.4, -0.2) is 65.2 Å². The molecule has 24 heavy (non-hydrogen) atoms. The minimum atomic E-state index is -0.100. The van der Waals surface area contributed by atoms with Gasteiger partial charge < -0.3 is 10.0 Å². The van der Waals surface area contributed by atoms with Gasteiger partial charge in [-0.05, 0) is 30.5 Å². The van der Waals surface area contributed by atoms with Gasteiger partial charge in [0.15, 0.2) is 0 Å². The summed E-state index contributed by atoms with van der Waals surface area (Å²) in [6.45, 7) is 6.48. The maximum atomic E-state index is 9.60. The van der Waals surface area contributed by atoms with Crippen LogP contribution in [0, 0.1) is 11.8 Å². The lowest BCUT2D eigenvalue weighted by Crippen LogP contribution is -2.35. The lowest BCUT2D eigenvalue weighted by Gasteiger charge is -2.29. The van der Waals surface area contributed by atoms with Gasteiger partial charge in [0.05, 0.1) is 6.10 Å². The Morgan fingerprint density at radius 2 is 1.88 bits per heavy atom.